The van der Waals surface area contributed by atoms with Crippen molar-refractivity contribution in [3.63, 3.8) is 0 Å². The Morgan fingerprint density at radius 3 is 2.43 bits per heavy atom. The molecule has 0 aromatic heterocycles. The van der Waals surface area contributed by atoms with Crippen molar-refractivity contribution in [1.29, 1.82) is 0 Å². The molecule has 14 heavy (non-hydrogen) atoms. The minimum absolute atomic E-state index is 0.0168. The minimum Gasteiger partial charge on any atom is -0.394 e. The fourth-order valence-corrected chi connectivity index (χ4v) is 1.47. The van der Waals surface area contributed by atoms with E-state index >= 15 is 0 Å². The number of rotatable bonds is 4. The Morgan fingerprint density at radius 2 is 2.07 bits per heavy atom. The zero-order chi connectivity index (χ0) is 10.6. The zero-order valence-electron chi connectivity index (χ0n) is 8.30. The van der Waals surface area contributed by atoms with Crippen LogP contribution in [0.5, 0.6) is 0 Å². The van der Waals surface area contributed by atoms with Gasteiger partial charge >= 0.3 is 0 Å². The SMILES string of the molecule is CC(=O)NCC(=O)NC1(CO)CCC1. The van der Waals surface area contributed by atoms with Gasteiger partial charge in [-0.3, -0.25) is 9.59 Å². The Hall–Kier alpha value is -1.10. The predicted molar refractivity (Wildman–Crippen MR) is 50.5 cm³/mol. The number of carbonyl (C=O) groups is 2. The molecule has 5 heteroatoms. The van der Waals surface area contributed by atoms with E-state index in [0.717, 1.165) is 19.3 Å². The summed E-state index contributed by atoms with van der Waals surface area (Å²) in [7, 11) is 0. The van der Waals surface area contributed by atoms with Crippen LogP contribution < -0.4 is 10.6 Å². The van der Waals surface area contributed by atoms with E-state index in [9.17, 15) is 9.59 Å². The van der Waals surface area contributed by atoms with Crippen molar-refractivity contribution in [2.75, 3.05) is 13.2 Å². The molecule has 0 saturated heterocycles. The van der Waals surface area contributed by atoms with E-state index in [2.05, 4.69) is 10.6 Å². The zero-order valence-corrected chi connectivity index (χ0v) is 8.30. The van der Waals surface area contributed by atoms with E-state index in [1.54, 1.807) is 0 Å². The molecule has 1 rings (SSSR count). The number of hydrogen-bond donors (Lipinski definition) is 3. The molecule has 1 saturated carbocycles. The third kappa shape index (κ3) is 2.70. The fraction of sp³-hybridized carbons (Fsp3) is 0.778. The van der Waals surface area contributed by atoms with E-state index < -0.39 is 5.54 Å². The van der Waals surface area contributed by atoms with Crippen LogP contribution >= 0.6 is 0 Å². The second-order valence-electron chi connectivity index (χ2n) is 3.75. The lowest BCUT2D eigenvalue weighted by Gasteiger charge is -2.40. The lowest BCUT2D eigenvalue weighted by Crippen LogP contribution is -2.57. The monoisotopic (exact) mass is 200 g/mol. The van der Waals surface area contributed by atoms with E-state index in [0.29, 0.717) is 0 Å². The predicted octanol–water partition coefficient (Wildman–Crippen LogP) is -0.846. The molecule has 0 aromatic rings. The van der Waals surface area contributed by atoms with Gasteiger partial charge in [0.05, 0.1) is 18.7 Å². The highest BCUT2D eigenvalue weighted by Gasteiger charge is 2.37. The van der Waals surface area contributed by atoms with Gasteiger partial charge in [0.15, 0.2) is 0 Å². The van der Waals surface area contributed by atoms with Crippen molar-refractivity contribution >= 4 is 11.8 Å². The molecule has 1 aliphatic carbocycles. The molecule has 1 aliphatic rings. The second kappa shape index (κ2) is 4.41. The van der Waals surface area contributed by atoms with Gasteiger partial charge in [-0.15, -0.1) is 0 Å². The van der Waals surface area contributed by atoms with Gasteiger partial charge in [0, 0.05) is 6.92 Å². The highest BCUT2D eigenvalue weighted by atomic mass is 16.3. The van der Waals surface area contributed by atoms with Gasteiger partial charge in [0.2, 0.25) is 11.8 Å². The van der Waals surface area contributed by atoms with Crippen LogP contribution in [0.15, 0.2) is 0 Å². The lowest BCUT2D eigenvalue weighted by molar-refractivity contribution is -0.127. The molecule has 2 amide bonds. The molecule has 1 fully saturated rings. The largest absolute Gasteiger partial charge is 0.394 e. The first kappa shape index (κ1) is 11.0. The third-order valence-electron chi connectivity index (χ3n) is 2.52. The maximum absolute atomic E-state index is 11.3. The highest BCUT2D eigenvalue weighted by Crippen LogP contribution is 2.30. The van der Waals surface area contributed by atoms with Crippen LogP contribution in [-0.2, 0) is 9.59 Å². The summed E-state index contributed by atoms with van der Waals surface area (Å²) in [5.41, 5.74) is -0.421. The summed E-state index contributed by atoms with van der Waals surface area (Å²) in [6.45, 7) is 1.31. The molecule has 0 spiro atoms. The Kier molecular flexibility index (Phi) is 3.46. The average Bonchev–Trinajstić information content (AvgIpc) is 2.08. The normalized spacial score (nSPS) is 18.1. The van der Waals surface area contributed by atoms with E-state index in [4.69, 9.17) is 5.11 Å². The number of nitrogens with one attached hydrogen (secondary N) is 2. The van der Waals surface area contributed by atoms with Crippen LogP contribution in [-0.4, -0.2) is 35.6 Å². The lowest BCUT2D eigenvalue weighted by atomic mass is 9.77. The molecule has 3 N–H and O–H groups in total. The van der Waals surface area contributed by atoms with Crippen molar-refractivity contribution in [2.45, 2.75) is 31.7 Å². The van der Waals surface area contributed by atoms with Crippen molar-refractivity contribution in [3.8, 4) is 0 Å². The summed E-state index contributed by atoms with van der Waals surface area (Å²) in [5.74, 6) is -0.472. The van der Waals surface area contributed by atoms with Crippen LogP contribution in [0.3, 0.4) is 0 Å². The molecule has 0 heterocycles. The van der Waals surface area contributed by atoms with Gasteiger partial charge in [-0.05, 0) is 19.3 Å². The molecule has 0 atom stereocenters. The number of hydrogen-bond acceptors (Lipinski definition) is 3. The fourth-order valence-electron chi connectivity index (χ4n) is 1.47. The highest BCUT2D eigenvalue weighted by molar-refractivity contribution is 5.84. The first-order valence-corrected chi connectivity index (χ1v) is 4.74. The summed E-state index contributed by atoms with van der Waals surface area (Å²) in [4.78, 5) is 21.8. The van der Waals surface area contributed by atoms with Gasteiger partial charge in [-0.2, -0.15) is 0 Å². The molecule has 0 aromatic carbocycles. The van der Waals surface area contributed by atoms with Gasteiger partial charge in [0.25, 0.3) is 0 Å². The Morgan fingerprint density at radius 1 is 1.43 bits per heavy atom. The third-order valence-corrected chi connectivity index (χ3v) is 2.52. The molecule has 5 nitrogen and oxygen atoms in total. The summed E-state index contributed by atoms with van der Waals surface area (Å²) in [6.07, 6.45) is 2.66. The smallest absolute Gasteiger partial charge is 0.239 e. The Balaban J connectivity index is 2.28. The van der Waals surface area contributed by atoms with Crippen molar-refractivity contribution in [1.82, 2.24) is 10.6 Å². The average molecular weight is 200 g/mol. The van der Waals surface area contributed by atoms with Gasteiger partial charge < -0.3 is 15.7 Å². The molecular formula is C9H16N2O3. The number of aliphatic hydroxyl groups excluding tert-OH is 1. The molecule has 0 unspecified atom stereocenters. The van der Waals surface area contributed by atoms with Crippen LogP contribution in [0, 0.1) is 0 Å². The van der Waals surface area contributed by atoms with Crippen LogP contribution in [0.25, 0.3) is 0 Å². The Labute approximate surface area is 82.9 Å². The second-order valence-corrected chi connectivity index (χ2v) is 3.75. The van der Waals surface area contributed by atoms with E-state index in [1.165, 1.54) is 6.92 Å². The summed E-state index contributed by atoms with van der Waals surface area (Å²) < 4.78 is 0. The van der Waals surface area contributed by atoms with Crippen LogP contribution in [0.1, 0.15) is 26.2 Å². The molecule has 80 valence electrons. The first-order chi connectivity index (χ1) is 6.58. The molecule has 0 aliphatic heterocycles. The first-order valence-electron chi connectivity index (χ1n) is 4.74. The quantitative estimate of drug-likeness (QED) is 0.553. The topological polar surface area (TPSA) is 78.4 Å². The number of aliphatic hydroxyl groups is 1. The van der Waals surface area contributed by atoms with Gasteiger partial charge in [-0.25, -0.2) is 0 Å². The summed E-state index contributed by atoms with van der Waals surface area (Å²) >= 11 is 0. The van der Waals surface area contributed by atoms with E-state index in [-0.39, 0.29) is 25.0 Å². The van der Waals surface area contributed by atoms with Gasteiger partial charge in [-0.1, -0.05) is 0 Å². The molecule has 0 bridgehead atoms. The molecule has 0 radical (unpaired) electrons. The summed E-state index contributed by atoms with van der Waals surface area (Å²) in [6, 6.07) is 0. The maximum atomic E-state index is 11.3. The van der Waals surface area contributed by atoms with Gasteiger partial charge in [0.1, 0.15) is 0 Å². The van der Waals surface area contributed by atoms with Crippen LogP contribution in [0.4, 0.5) is 0 Å². The minimum atomic E-state index is -0.421. The van der Waals surface area contributed by atoms with Crippen LogP contribution in [0.2, 0.25) is 0 Å². The van der Waals surface area contributed by atoms with Crippen molar-refractivity contribution < 1.29 is 14.7 Å². The van der Waals surface area contributed by atoms with Crippen molar-refractivity contribution in [3.05, 3.63) is 0 Å². The summed E-state index contributed by atoms with van der Waals surface area (Å²) in [5, 5.41) is 14.2. The van der Waals surface area contributed by atoms with Crippen molar-refractivity contribution in [2.24, 2.45) is 0 Å². The Bertz CT molecular complexity index is 231. The number of amides is 2. The number of carbonyl (C=O) groups excluding carboxylic acids is 2. The van der Waals surface area contributed by atoms with E-state index in [1.807, 2.05) is 0 Å². The molecular weight excluding hydrogens is 184 g/mol. The maximum Gasteiger partial charge on any atom is 0.239 e. The standard InChI is InChI=1S/C9H16N2O3/c1-7(13)10-5-8(14)11-9(6-12)3-2-4-9/h12H,2-6H2,1H3,(H,10,13)(H,11,14).